The predicted octanol–water partition coefficient (Wildman–Crippen LogP) is 4.41. The van der Waals surface area contributed by atoms with Crippen molar-refractivity contribution in [3.8, 4) is 0 Å². The van der Waals surface area contributed by atoms with Crippen LogP contribution >= 0.6 is 15.9 Å². The van der Waals surface area contributed by atoms with Gasteiger partial charge in [-0.1, -0.05) is 46.3 Å². The van der Waals surface area contributed by atoms with Gasteiger partial charge in [-0.25, -0.2) is 4.79 Å². The summed E-state index contributed by atoms with van der Waals surface area (Å²) < 4.78 is 5.65. The number of ether oxygens (including phenoxy) is 1. The van der Waals surface area contributed by atoms with Crippen molar-refractivity contribution < 1.29 is 14.5 Å². The van der Waals surface area contributed by atoms with Crippen molar-refractivity contribution in [3.63, 3.8) is 0 Å². The Balaban J connectivity index is 2.09. The Morgan fingerprint density at radius 3 is 2.59 bits per heavy atom. The molecule has 0 aliphatic heterocycles. The fourth-order valence-corrected chi connectivity index (χ4v) is 2.20. The number of nitrogens with zero attached hydrogens (tertiary/aromatic N) is 1. The summed E-state index contributed by atoms with van der Waals surface area (Å²) in [6.07, 6.45) is -0.742. The first kappa shape index (κ1) is 16.0. The largest absolute Gasteiger partial charge is 0.444 e. The van der Waals surface area contributed by atoms with Gasteiger partial charge in [0.2, 0.25) is 0 Å². The highest BCUT2D eigenvalue weighted by molar-refractivity contribution is 9.10. The average Bonchev–Trinajstić information content (AvgIpc) is 2.50. The molecule has 0 saturated carbocycles. The van der Waals surface area contributed by atoms with Gasteiger partial charge >= 0.3 is 6.09 Å². The highest BCUT2D eigenvalue weighted by Gasteiger charge is 2.21. The zero-order chi connectivity index (χ0) is 16.1. The maximum absolute atomic E-state index is 11.8. The smallest absolute Gasteiger partial charge is 0.412 e. The first-order valence-corrected chi connectivity index (χ1v) is 7.19. The molecule has 0 atom stereocenters. The normalized spacial score (nSPS) is 10.1. The molecule has 2 aromatic carbocycles. The summed E-state index contributed by atoms with van der Waals surface area (Å²) in [6.45, 7) is 1.69. The molecule has 0 fully saturated rings. The summed E-state index contributed by atoms with van der Waals surface area (Å²) >= 11 is 3.23. The lowest BCUT2D eigenvalue weighted by atomic mass is 10.1. The van der Waals surface area contributed by atoms with Crippen molar-refractivity contribution in [1.82, 2.24) is 0 Å². The van der Waals surface area contributed by atoms with Gasteiger partial charge in [-0.3, -0.25) is 15.4 Å². The zero-order valence-electron chi connectivity index (χ0n) is 11.7. The lowest BCUT2D eigenvalue weighted by molar-refractivity contribution is -0.384. The van der Waals surface area contributed by atoms with E-state index in [4.69, 9.17) is 4.74 Å². The molecule has 2 aromatic rings. The van der Waals surface area contributed by atoms with Crippen LogP contribution in [0.25, 0.3) is 0 Å². The molecule has 7 heteroatoms. The second kappa shape index (κ2) is 7.04. The minimum atomic E-state index is -0.742. The Bertz CT molecular complexity index is 704. The summed E-state index contributed by atoms with van der Waals surface area (Å²) in [4.78, 5) is 22.4. The highest BCUT2D eigenvalue weighted by Crippen LogP contribution is 2.33. The number of nitrogens with one attached hydrogen (secondary N) is 1. The van der Waals surface area contributed by atoms with Crippen molar-refractivity contribution in [2.24, 2.45) is 0 Å². The molecule has 22 heavy (non-hydrogen) atoms. The quantitative estimate of drug-likeness (QED) is 0.643. The van der Waals surface area contributed by atoms with Gasteiger partial charge in [0.05, 0.1) is 4.92 Å². The van der Waals surface area contributed by atoms with Crippen molar-refractivity contribution in [2.45, 2.75) is 13.5 Å². The molecular weight excluding hydrogens is 352 g/mol. The number of hydrogen-bond donors (Lipinski definition) is 1. The molecule has 0 aromatic heterocycles. The Morgan fingerprint density at radius 1 is 1.27 bits per heavy atom. The summed E-state index contributed by atoms with van der Waals surface area (Å²) in [5, 5.41) is 13.6. The standard InChI is InChI=1S/C15H13BrN2O4/c1-10-12(16)7-8-13(14(10)18(20)21)17-15(19)22-9-11-5-3-2-4-6-11/h2-8H,9H2,1H3,(H,17,19). The molecule has 0 radical (unpaired) electrons. The Kier molecular flexibility index (Phi) is 5.11. The van der Waals surface area contributed by atoms with Gasteiger partial charge in [-0.2, -0.15) is 0 Å². The lowest BCUT2D eigenvalue weighted by Crippen LogP contribution is -2.15. The van der Waals surface area contributed by atoms with E-state index in [1.165, 1.54) is 6.07 Å². The van der Waals surface area contributed by atoms with E-state index in [-0.39, 0.29) is 18.0 Å². The molecule has 0 aliphatic carbocycles. The number of anilines is 1. The van der Waals surface area contributed by atoms with E-state index in [9.17, 15) is 14.9 Å². The molecule has 0 bridgehead atoms. The Hall–Kier alpha value is -2.41. The molecule has 0 heterocycles. The van der Waals surface area contributed by atoms with E-state index in [0.29, 0.717) is 10.0 Å². The molecule has 0 aliphatic rings. The van der Waals surface area contributed by atoms with Crippen LogP contribution in [0.3, 0.4) is 0 Å². The highest BCUT2D eigenvalue weighted by atomic mass is 79.9. The van der Waals surface area contributed by atoms with Crippen LogP contribution < -0.4 is 5.32 Å². The van der Waals surface area contributed by atoms with Crippen molar-refractivity contribution in [1.29, 1.82) is 0 Å². The molecule has 6 nitrogen and oxygen atoms in total. The van der Waals surface area contributed by atoms with Crippen LogP contribution in [0.15, 0.2) is 46.9 Å². The van der Waals surface area contributed by atoms with Crippen LogP contribution in [0.4, 0.5) is 16.2 Å². The number of halogens is 1. The van der Waals surface area contributed by atoms with Crippen molar-refractivity contribution in [2.75, 3.05) is 5.32 Å². The van der Waals surface area contributed by atoms with Gasteiger partial charge in [0.15, 0.2) is 0 Å². The Labute approximate surface area is 135 Å². The maximum Gasteiger partial charge on any atom is 0.412 e. The molecule has 1 amide bonds. The number of hydrogen-bond acceptors (Lipinski definition) is 4. The molecule has 0 saturated heterocycles. The van der Waals surface area contributed by atoms with Crippen LogP contribution in [0.5, 0.6) is 0 Å². The summed E-state index contributed by atoms with van der Waals surface area (Å²) in [5.41, 5.74) is 1.21. The molecule has 0 unspecified atom stereocenters. The summed E-state index contributed by atoms with van der Waals surface area (Å²) in [7, 11) is 0. The molecule has 0 spiro atoms. The zero-order valence-corrected chi connectivity index (χ0v) is 13.3. The van der Waals surface area contributed by atoms with E-state index < -0.39 is 11.0 Å². The van der Waals surface area contributed by atoms with E-state index in [0.717, 1.165) is 5.56 Å². The maximum atomic E-state index is 11.8. The number of nitro groups is 1. The monoisotopic (exact) mass is 364 g/mol. The van der Waals surface area contributed by atoms with E-state index in [1.54, 1.807) is 13.0 Å². The van der Waals surface area contributed by atoms with Gasteiger partial charge in [-0.15, -0.1) is 0 Å². The van der Waals surface area contributed by atoms with Crippen LogP contribution in [0.1, 0.15) is 11.1 Å². The first-order chi connectivity index (χ1) is 10.5. The third-order valence-corrected chi connectivity index (χ3v) is 3.86. The molecule has 1 N–H and O–H groups in total. The second-order valence-corrected chi connectivity index (χ2v) is 5.37. The molecule has 2 rings (SSSR count). The van der Waals surface area contributed by atoms with E-state index >= 15 is 0 Å². The third-order valence-electron chi connectivity index (χ3n) is 3.00. The number of benzene rings is 2. The third kappa shape index (κ3) is 3.82. The molecule has 114 valence electrons. The van der Waals surface area contributed by atoms with Gasteiger partial charge < -0.3 is 4.74 Å². The van der Waals surface area contributed by atoms with Gasteiger partial charge in [0.1, 0.15) is 12.3 Å². The number of nitro benzene ring substituents is 1. The number of rotatable bonds is 4. The van der Waals surface area contributed by atoms with Crippen molar-refractivity contribution in [3.05, 3.63) is 68.2 Å². The SMILES string of the molecule is Cc1c(Br)ccc(NC(=O)OCc2ccccc2)c1[N+](=O)[O-]. The fraction of sp³-hybridized carbons (Fsp3) is 0.133. The number of carbonyl (C=O) groups excluding carboxylic acids is 1. The van der Waals surface area contributed by atoms with Crippen molar-refractivity contribution >= 4 is 33.4 Å². The number of amides is 1. The fourth-order valence-electron chi connectivity index (χ4n) is 1.88. The van der Waals surface area contributed by atoms with Gasteiger partial charge in [-0.05, 0) is 24.6 Å². The summed E-state index contributed by atoms with van der Waals surface area (Å²) in [5.74, 6) is 0. The van der Waals surface area contributed by atoms with E-state index in [2.05, 4.69) is 21.2 Å². The van der Waals surface area contributed by atoms with Crippen LogP contribution in [0.2, 0.25) is 0 Å². The molecular formula is C15H13BrN2O4. The van der Waals surface area contributed by atoms with Gasteiger partial charge in [0.25, 0.3) is 5.69 Å². The topological polar surface area (TPSA) is 81.5 Å². The number of carbonyl (C=O) groups is 1. The minimum absolute atomic E-state index is 0.0932. The van der Waals surface area contributed by atoms with E-state index in [1.807, 2.05) is 30.3 Å². The predicted molar refractivity (Wildman–Crippen MR) is 85.8 cm³/mol. The minimum Gasteiger partial charge on any atom is -0.444 e. The Morgan fingerprint density at radius 2 is 1.95 bits per heavy atom. The van der Waals surface area contributed by atoms with Crippen LogP contribution in [0, 0.1) is 17.0 Å². The average molecular weight is 365 g/mol. The van der Waals surface area contributed by atoms with Crippen LogP contribution in [-0.4, -0.2) is 11.0 Å². The lowest BCUT2D eigenvalue weighted by Gasteiger charge is -2.09. The second-order valence-electron chi connectivity index (χ2n) is 4.51. The van der Waals surface area contributed by atoms with Gasteiger partial charge in [0, 0.05) is 10.0 Å². The first-order valence-electron chi connectivity index (χ1n) is 6.40. The van der Waals surface area contributed by atoms with Crippen LogP contribution in [-0.2, 0) is 11.3 Å². The summed E-state index contributed by atoms with van der Waals surface area (Å²) in [6, 6.07) is 12.3.